The first kappa shape index (κ1) is 8.98. The van der Waals surface area contributed by atoms with Gasteiger partial charge in [0.15, 0.2) is 0 Å². The summed E-state index contributed by atoms with van der Waals surface area (Å²) in [5.74, 6) is 1.28. The minimum Gasteiger partial charge on any atom is -0.299 e. The van der Waals surface area contributed by atoms with Gasteiger partial charge < -0.3 is 0 Å². The monoisotopic (exact) mass is 178 g/mol. The molecule has 1 fully saturated rings. The average molecular weight is 178 g/mol. The molecule has 0 saturated heterocycles. The Balaban J connectivity index is 2.37. The second-order valence-corrected chi connectivity index (χ2v) is 5.15. The van der Waals surface area contributed by atoms with E-state index in [1.807, 2.05) is 0 Å². The number of fused-ring (bicyclic) bond motifs is 1. The molecule has 1 heteroatoms. The van der Waals surface area contributed by atoms with Crippen molar-refractivity contribution in [3.63, 3.8) is 0 Å². The summed E-state index contributed by atoms with van der Waals surface area (Å²) in [5.41, 5.74) is 1.76. The average Bonchev–Trinajstić information content (AvgIpc) is 2.26. The van der Waals surface area contributed by atoms with Crippen LogP contribution in [0.4, 0.5) is 0 Å². The standard InChI is InChI=1S/C12H18O/c1-8-6-9(2)11-10(13)4-5-12(11,3)7-8/h6,9,11H,4-5,7H2,1-3H3/t9?,11-,12-/m0/s1. The third-order valence-corrected chi connectivity index (χ3v) is 3.80. The van der Waals surface area contributed by atoms with Crippen molar-refractivity contribution >= 4 is 5.78 Å². The Kier molecular flexibility index (Phi) is 1.86. The number of hydrogen-bond donors (Lipinski definition) is 0. The number of allylic oxidation sites excluding steroid dienone is 2. The quantitative estimate of drug-likeness (QED) is 0.521. The molecule has 2 aliphatic carbocycles. The first-order valence-electron chi connectivity index (χ1n) is 5.23. The van der Waals surface area contributed by atoms with E-state index in [1.165, 1.54) is 5.57 Å². The van der Waals surface area contributed by atoms with Gasteiger partial charge in [-0.3, -0.25) is 4.79 Å². The summed E-state index contributed by atoms with van der Waals surface area (Å²) < 4.78 is 0. The molecule has 0 N–H and O–H groups in total. The molecule has 72 valence electrons. The SMILES string of the molecule is CC1=CC(C)[C@H]2C(=O)CC[C@@]2(C)C1. The van der Waals surface area contributed by atoms with Gasteiger partial charge in [-0.05, 0) is 31.1 Å². The molecular formula is C12H18O. The number of Topliss-reactive ketones (excluding diaryl/α,β-unsaturated/α-hetero) is 1. The minimum atomic E-state index is 0.287. The maximum atomic E-state index is 11.7. The summed E-state index contributed by atoms with van der Waals surface area (Å²) in [4.78, 5) is 11.7. The molecule has 0 aromatic carbocycles. The Bertz CT molecular complexity index is 277. The maximum Gasteiger partial charge on any atom is 0.137 e. The van der Waals surface area contributed by atoms with E-state index in [-0.39, 0.29) is 5.41 Å². The van der Waals surface area contributed by atoms with Crippen LogP contribution in [-0.4, -0.2) is 5.78 Å². The highest BCUT2D eigenvalue weighted by atomic mass is 16.1. The van der Waals surface area contributed by atoms with E-state index in [0.717, 1.165) is 19.3 Å². The van der Waals surface area contributed by atoms with Crippen molar-refractivity contribution in [2.75, 3.05) is 0 Å². The van der Waals surface area contributed by atoms with Crippen LogP contribution in [0.5, 0.6) is 0 Å². The Labute approximate surface area is 80.2 Å². The molecule has 13 heavy (non-hydrogen) atoms. The summed E-state index contributed by atoms with van der Waals surface area (Å²) >= 11 is 0. The number of carbonyl (C=O) groups is 1. The number of rotatable bonds is 0. The first-order chi connectivity index (χ1) is 6.03. The molecule has 1 unspecified atom stereocenters. The van der Waals surface area contributed by atoms with Gasteiger partial charge in [-0.25, -0.2) is 0 Å². The van der Waals surface area contributed by atoms with Gasteiger partial charge in [-0.1, -0.05) is 25.5 Å². The van der Waals surface area contributed by atoms with E-state index >= 15 is 0 Å². The highest BCUT2D eigenvalue weighted by molar-refractivity contribution is 5.85. The van der Waals surface area contributed by atoms with Gasteiger partial charge >= 0.3 is 0 Å². The van der Waals surface area contributed by atoms with Crippen molar-refractivity contribution in [2.24, 2.45) is 17.3 Å². The molecule has 0 amide bonds. The van der Waals surface area contributed by atoms with Crippen molar-refractivity contribution in [2.45, 2.75) is 40.0 Å². The van der Waals surface area contributed by atoms with Gasteiger partial charge in [-0.15, -0.1) is 0 Å². The van der Waals surface area contributed by atoms with Crippen molar-refractivity contribution in [1.82, 2.24) is 0 Å². The van der Waals surface area contributed by atoms with Gasteiger partial charge in [0.05, 0.1) is 0 Å². The molecule has 2 rings (SSSR count). The van der Waals surface area contributed by atoms with Crippen LogP contribution in [0.2, 0.25) is 0 Å². The third kappa shape index (κ3) is 1.25. The second-order valence-electron chi connectivity index (χ2n) is 5.15. The van der Waals surface area contributed by atoms with Gasteiger partial charge in [0, 0.05) is 12.3 Å². The lowest BCUT2D eigenvalue weighted by Crippen LogP contribution is -2.33. The zero-order chi connectivity index (χ0) is 9.64. The fourth-order valence-electron chi connectivity index (χ4n) is 3.48. The number of ketones is 1. The molecule has 0 aromatic rings. The predicted molar refractivity (Wildman–Crippen MR) is 53.4 cm³/mol. The molecule has 1 nitrogen and oxygen atoms in total. The second kappa shape index (κ2) is 2.70. The van der Waals surface area contributed by atoms with Gasteiger partial charge in [0.25, 0.3) is 0 Å². The molecule has 3 atom stereocenters. The van der Waals surface area contributed by atoms with Gasteiger partial charge in [-0.2, -0.15) is 0 Å². The van der Waals surface area contributed by atoms with Crippen LogP contribution in [-0.2, 0) is 4.79 Å². The first-order valence-corrected chi connectivity index (χ1v) is 5.23. The van der Waals surface area contributed by atoms with Crippen LogP contribution in [0.3, 0.4) is 0 Å². The van der Waals surface area contributed by atoms with Crippen molar-refractivity contribution in [1.29, 1.82) is 0 Å². The highest BCUT2D eigenvalue weighted by Crippen LogP contribution is 2.51. The van der Waals surface area contributed by atoms with Crippen LogP contribution in [0.1, 0.15) is 40.0 Å². The Hall–Kier alpha value is -0.590. The van der Waals surface area contributed by atoms with Crippen molar-refractivity contribution in [3.8, 4) is 0 Å². The molecule has 0 spiro atoms. The fraction of sp³-hybridized carbons (Fsp3) is 0.750. The van der Waals surface area contributed by atoms with Gasteiger partial charge in [0.2, 0.25) is 0 Å². The van der Waals surface area contributed by atoms with E-state index in [4.69, 9.17) is 0 Å². The number of carbonyl (C=O) groups excluding carboxylic acids is 1. The lowest BCUT2D eigenvalue weighted by atomic mass is 9.66. The zero-order valence-electron chi connectivity index (χ0n) is 8.76. The minimum absolute atomic E-state index is 0.287. The topological polar surface area (TPSA) is 17.1 Å². The van der Waals surface area contributed by atoms with E-state index in [2.05, 4.69) is 26.8 Å². The molecule has 2 aliphatic rings. The Morgan fingerprint density at radius 3 is 2.92 bits per heavy atom. The van der Waals surface area contributed by atoms with E-state index in [9.17, 15) is 4.79 Å². The lowest BCUT2D eigenvalue weighted by Gasteiger charge is -2.38. The van der Waals surface area contributed by atoms with E-state index < -0.39 is 0 Å². The largest absolute Gasteiger partial charge is 0.299 e. The van der Waals surface area contributed by atoms with E-state index in [1.54, 1.807) is 0 Å². The van der Waals surface area contributed by atoms with E-state index in [0.29, 0.717) is 17.6 Å². The molecular weight excluding hydrogens is 160 g/mol. The summed E-state index contributed by atoms with van der Waals surface area (Å²) in [7, 11) is 0. The normalized spacial score (nSPS) is 44.5. The van der Waals surface area contributed by atoms with Gasteiger partial charge in [0.1, 0.15) is 5.78 Å². The molecule has 0 bridgehead atoms. The van der Waals surface area contributed by atoms with Crippen molar-refractivity contribution < 1.29 is 4.79 Å². The van der Waals surface area contributed by atoms with Crippen LogP contribution < -0.4 is 0 Å². The predicted octanol–water partition coefficient (Wildman–Crippen LogP) is 2.96. The Morgan fingerprint density at radius 1 is 1.54 bits per heavy atom. The summed E-state index contributed by atoms with van der Waals surface area (Å²) in [5, 5.41) is 0. The van der Waals surface area contributed by atoms with Crippen LogP contribution in [0.15, 0.2) is 11.6 Å². The molecule has 0 heterocycles. The van der Waals surface area contributed by atoms with Crippen LogP contribution in [0.25, 0.3) is 0 Å². The van der Waals surface area contributed by atoms with Crippen LogP contribution >= 0.6 is 0 Å². The third-order valence-electron chi connectivity index (χ3n) is 3.80. The Morgan fingerprint density at radius 2 is 2.23 bits per heavy atom. The highest BCUT2D eigenvalue weighted by Gasteiger charge is 2.48. The van der Waals surface area contributed by atoms with Crippen molar-refractivity contribution in [3.05, 3.63) is 11.6 Å². The molecule has 0 aromatic heterocycles. The summed E-state index contributed by atoms with van der Waals surface area (Å²) in [6, 6.07) is 0. The molecule has 1 saturated carbocycles. The fourth-order valence-corrected chi connectivity index (χ4v) is 3.48. The summed E-state index contributed by atoms with van der Waals surface area (Å²) in [6.45, 7) is 6.67. The molecule has 0 aliphatic heterocycles. The molecule has 0 radical (unpaired) electrons. The smallest absolute Gasteiger partial charge is 0.137 e. The zero-order valence-corrected chi connectivity index (χ0v) is 8.76. The van der Waals surface area contributed by atoms with Crippen LogP contribution in [0, 0.1) is 17.3 Å². The number of hydrogen-bond acceptors (Lipinski definition) is 1. The maximum absolute atomic E-state index is 11.7. The lowest BCUT2D eigenvalue weighted by molar-refractivity contribution is -0.123. The summed E-state index contributed by atoms with van der Waals surface area (Å²) in [6.07, 6.45) is 5.34.